The molecule has 35 heavy (non-hydrogen) atoms. The minimum Gasteiger partial charge on any atom is -0.360 e. The van der Waals surface area contributed by atoms with E-state index in [2.05, 4.69) is 35.8 Å². The van der Waals surface area contributed by atoms with Crippen molar-refractivity contribution in [2.45, 2.75) is 46.1 Å². The van der Waals surface area contributed by atoms with Gasteiger partial charge in [0.25, 0.3) is 5.91 Å². The molecule has 0 fully saturated rings. The Hall–Kier alpha value is -4.15. The van der Waals surface area contributed by atoms with Crippen LogP contribution in [-0.4, -0.2) is 35.8 Å². The molecule has 1 aromatic carbocycles. The topological polar surface area (TPSA) is 124 Å². The van der Waals surface area contributed by atoms with Crippen LogP contribution in [0, 0.1) is 12.7 Å². The second kappa shape index (κ2) is 9.24. The van der Waals surface area contributed by atoms with E-state index >= 15 is 4.39 Å². The van der Waals surface area contributed by atoms with Crippen molar-refractivity contribution in [3.63, 3.8) is 0 Å². The number of amides is 1. The fraction of sp³-hybridized carbons (Fsp3) is 0.333. The molecule has 0 saturated heterocycles. The van der Waals surface area contributed by atoms with Gasteiger partial charge in [0.15, 0.2) is 11.5 Å². The van der Waals surface area contributed by atoms with Crippen molar-refractivity contribution in [3.05, 3.63) is 65.3 Å². The normalized spacial score (nSPS) is 12.4. The van der Waals surface area contributed by atoms with Gasteiger partial charge in [0.1, 0.15) is 17.9 Å². The molecule has 4 rings (SSSR count). The van der Waals surface area contributed by atoms with E-state index in [1.54, 1.807) is 56.2 Å². The Bertz CT molecular complexity index is 1370. The average Bonchev–Trinajstić information content (AvgIpc) is 3.45. The molecular formula is C24H27FN8O2. The van der Waals surface area contributed by atoms with E-state index in [4.69, 9.17) is 4.52 Å². The highest BCUT2D eigenvalue weighted by Crippen LogP contribution is 2.29. The fourth-order valence-corrected chi connectivity index (χ4v) is 3.53. The predicted molar refractivity (Wildman–Crippen MR) is 128 cm³/mol. The van der Waals surface area contributed by atoms with Crippen molar-refractivity contribution >= 4 is 17.5 Å². The third-order valence-electron chi connectivity index (χ3n) is 5.50. The summed E-state index contributed by atoms with van der Waals surface area (Å²) >= 11 is 0. The molecule has 0 aliphatic carbocycles. The summed E-state index contributed by atoms with van der Waals surface area (Å²) in [7, 11) is 1.79. The number of benzene rings is 1. The second-order valence-electron chi connectivity index (χ2n) is 9.32. The Kier molecular flexibility index (Phi) is 6.33. The fourth-order valence-electron chi connectivity index (χ4n) is 3.53. The summed E-state index contributed by atoms with van der Waals surface area (Å²) in [4.78, 5) is 25.2. The van der Waals surface area contributed by atoms with E-state index in [9.17, 15) is 4.79 Å². The van der Waals surface area contributed by atoms with Crippen LogP contribution < -0.4 is 10.6 Å². The van der Waals surface area contributed by atoms with Gasteiger partial charge in [-0.2, -0.15) is 10.1 Å². The Morgan fingerprint density at radius 1 is 1.23 bits per heavy atom. The van der Waals surface area contributed by atoms with Crippen molar-refractivity contribution in [3.8, 4) is 11.4 Å². The molecular weight excluding hydrogens is 451 g/mol. The van der Waals surface area contributed by atoms with Crippen LogP contribution in [0.1, 0.15) is 61.1 Å². The lowest BCUT2D eigenvalue weighted by atomic mass is 9.93. The molecule has 10 nitrogen and oxygen atoms in total. The van der Waals surface area contributed by atoms with Gasteiger partial charge in [-0.3, -0.25) is 9.48 Å². The van der Waals surface area contributed by atoms with Crippen LogP contribution in [0.15, 0.2) is 41.4 Å². The summed E-state index contributed by atoms with van der Waals surface area (Å²) in [6, 6.07) is 4.50. The molecule has 1 unspecified atom stereocenters. The van der Waals surface area contributed by atoms with E-state index in [1.807, 2.05) is 20.8 Å². The Balaban J connectivity index is 1.53. The van der Waals surface area contributed by atoms with E-state index in [0.717, 1.165) is 0 Å². The van der Waals surface area contributed by atoms with Crippen molar-refractivity contribution in [2.75, 3.05) is 5.32 Å². The van der Waals surface area contributed by atoms with Crippen LogP contribution in [0.3, 0.4) is 0 Å². The molecule has 182 valence electrons. The molecule has 0 aliphatic rings. The molecule has 0 spiro atoms. The number of aryl methyl sites for hydroxylation is 1. The molecule has 0 aliphatic heterocycles. The van der Waals surface area contributed by atoms with Gasteiger partial charge in [-0.1, -0.05) is 32.0 Å². The number of rotatable bonds is 6. The van der Waals surface area contributed by atoms with Crippen LogP contribution in [0.25, 0.3) is 11.4 Å². The maximum absolute atomic E-state index is 15.4. The van der Waals surface area contributed by atoms with E-state index in [1.165, 1.54) is 6.33 Å². The van der Waals surface area contributed by atoms with Crippen LogP contribution in [0.5, 0.6) is 0 Å². The first-order chi connectivity index (χ1) is 16.5. The van der Waals surface area contributed by atoms with Gasteiger partial charge in [0.05, 0.1) is 23.5 Å². The van der Waals surface area contributed by atoms with Gasteiger partial charge < -0.3 is 15.2 Å². The second-order valence-corrected chi connectivity index (χ2v) is 9.32. The summed E-state index contributed by atoms with van der Waals surface area (Å²) in [5.41, 5.74) is 1.84. The van der Waals surface area contributed by atoms with Gasteiger partial charge in [-0.15, -0.1) is 0 Å². The number of carbonyl (C=O) groups excluding carboxylic acids is 1. The van der Waals surface area contributed by atoms with Crippen LogP contribution in [0.2, 0.25) is 0 Å². The van der Waals surface area contributed by atoms with Gasteiger partial charge in [-0.05, 0) is 31.0 Å². The van der Waals surface area contributed by atoms with Crippen molar-refractivity contribution in [1.82, 2.24) is 35.2 Å². The molecule has 11 heteroatoms. The van der Waals surface area contributed by atoms with Gasteiger partial charge >= 0.3 is 0 Å². The maximum Gasteiger partial charge on any atom is 0.273 e. The number of hydrogen-bond donors (Lipinski definition) is 2. The van der Waals surface area contributed by atoms with Crippen molar-refractivity contribution < 1.29 is 13.7 Å². The van der Waals surface area contributed by atoms with Gasteiger partial charge in [-0.25, -0.2) is 14.4 Å². The maximum atomic E-state index is 15.4. The highest BCUT2D eigenvalue weighted by atomic mass is 19.1. The minimum absolute atomic E-state index is 0.176. The lowest BCUT2D eigenvalue weighted by Crippen LogP contribution is -2.27. The van der Waals surface area contributed by atoms with Gasteiger partial charge in [0, 0.05) is 24.7 Å². The number of nitrogens with one attached hydrogen (secondary N) is 2. The molecule has 3 aromatic heterocycles. The summed E-state index contributed by atoms with van der Waals surface area (Å²) in [5, 5.41) is 13.8. The molecule has 1 atom stereocenters. The van der Waals surface area contributed by atoms with E-state index in [0.29, 0.717) is 22.6 Å². The third-order valence-corrected chi connectivity index (χ3v) is 5.50. The quantitative estimate of drug-likeness (QED) is 0.422. The van der Waals surface area contributed by atoms with Crippen LogP contribution in [0.4, 0.5) is 16.0 Å². The monoisotopic (exact) mass is 478 g/mol. The lowest BCUT2D eigenvalue weighted by molar-refractivity contribution is 0.0930. The zero-order chi connectivity index (χ0) is 25.3. The summed E-state index contributed by atoms with van der Waals surface area (Å²) in [6.07, 6.45) is 4.71. The summed E-state index contributed by atoms with van der Waals surface area (Å²) in [5.74, 6) is 0.193. The third kappa shape index (κ3) is 5.18. The molecule has 0 saturated carbocycles. The Morgan fingerprint density at radius 3 is 2.66 bits per heavy atom. The Labute approximate surface area is 202 Å². The Morgan fingerprint density at radius 2 is 2.00 bits per heavy atom. The highest BCUT2D eigenvalue weighted by Gasteiger charge is 2.24. The standard InChI is InChI=1S/C24H27FN8O2/c1-13-16(14(2)29-22(34)18-9-19(35-32-18)24(3,4)5)7-8-17(20(13)25)21-26-12-27-23(31-21)30-15-10-28-33(6)11-15/h7-12,14H,1-6H3,(H,29,34)(H,26,27,30,31). The number of nitrogens with zero attached hydrogens (tertiary/aromatic N) is 6. The zero-order valence-electron chi connectivity index (χ0n) is 20.4. The van der Waals surface area contributed by atoms with Crippen LogP contribution in [-0.2, 0) is 12.5 Å². The zero-order valence-corrected chi connectivity index (χ0v) is 20.4. The first-order valence-corrected chi connectivity index (χ1v) is 11.0. The average molecular weight is 479 g/mol. The minimum atomic E-state index is -0.474. The number of anilines is 2. The van der Waals surface area contributed by atoms with Crippen molar-refractivity contribution in [1.29, 1.82) is 0 Å². The molecule has 4 aromatic rings. The first-order valence-electron chi connectivity index (χ1n) is 11.0. The number of halogens is 1. The SMILES string of the molecule is Cc1c(C(C)NC(=O)c2cc(C(C)(C)C)on2)ccc(-c2ncnc(Nc3cnn(C)c3)n2)c1F. The molecule has 0 radical (unpaired) electrons. The molecule has 3 heterocycles. The molecule has 2 N–H and O–H groups in total. The highest BCUT2D eigenvalue weighted by molar-refractivity contribution is 5.92. The van der Waals surface area contributed by atoms with Crippen molar-refractivity contribution in [2.24, 2.45) is 7.05 Å². The summed E-state index contributed by atoms with van der Waals surface area (Å²) < 4.78 is 22.3. The largest absolute Gasteiger partial charge is 0.360 e. The molecule has 0 bridgehead atoms. The first kappa shape index (κ1) is 24.0. The number of aromatic nitrogens is 6. The summed E-state index contributed by atoms with van der Waals surface area (Å²) in [6.45, 7) is 9.34. The van der Waals surface area contributed by atoms with Gasteiger partial charge in [0.2, 0.25) is 5.95 Å². The predicted octanol–water partition coefficient (Wildman–Crippen LogP) is 4.24. The van der Waals surface area contributed by atoms with Crippen LogP contribution >= 0.6 is 0 Å². The molecule has 1 amide bonds. The van der Waals surface area contributed by atoms with E-state index < -0.39 is 17.8 Å². The number of carbonyl (C=O) groups is 1. The lowest BCUT2D eigenvalue weighted by Gasteiger charge is -2.17. The van der Waals surface area contributed by atoms with E-state index in [-0.39, 0.29) is 28.4 Å². The number of hydrogen-bond acceptors (Lipinski definition) is 8. The smallest absolute Gasteiger partial charge is 0.273 e.